The van der Waals surface area contributed by atoms with Crippen LogP contribution in [0.25, 0.3) is 6.08 Å². The van der Waals surface area contributed by atoms with Gasteiger partial charge in [0.25, 0.3) is 0 Å². The fourth-order valence-corrected chi connectivity index (χ4v) is 2.62. The molecule has 2 N–H and O–H groups in total. The minimum Gasteiger partial charge on any atom is -0.488 e. The predicted molar refractivity (Wildman–Crippen MR) is 92.5 cm³/mol. The number of aliphatic hydroxyl groups is 1. The van der Waals surface area contributed by atoms with E-state index in [1.54, 1.807) is 19.1 Å². The van der Waals surface area contributed by atoms with E-state index < -0.39 is 0 Å². The number of fused-ring (bicyclic) bond motifs is 1. The van der Waals surface area contributed by atoms with Crippen LogP contribution in [0.4, 0.5) is 0 Å². The van der Waals surface area contributed by atoms with Crippen LogP contribution in [0, 0.1) is 5.92 Å². The summed E-state index contributed by atoms with van der Waals surface area (Å²) < 4.78 is 5.63. The van der Waals surface area contributed by atoms with Crippen molar-refractivity contribution in [2.24, 2.45) is 5.92 Å². The molecule has 0 fully saturated rings. The Morgan fingerprint density at radius 2 is 2.26 bits per heavy atom. The van der Waals surface area contributed by atoms with E-state index in [4.69, 9.17) is 16.3 Å². The van der Waals surface area contributed by atoms with Gasteiger partial charge in [0.1, 0.15) is 12.4 Å². The molecule has 1 amide bonds. The second-order valence-corrected chi connectivity index (χ2v) is 6.39. The summed E-state index contributed by atoms with van der Waals surface area (Å²) in [6.07, 6.45) is 5.53. The van der Waals surface area contributed by atoms with E-state index in [9.17, 15) is 9.90 Å². The van der Waals surface area contributed by atoms with Crippen LogP contribution in [0.1, 0.15) is 25.8 Å². The number of benzene rings is 1. The topological polar surface area (TPSA) is 58.6 Å². The van der Waals surface area contributed by atoms with E-state index >= 15 is 0 Å². The van der Waals surface area contributed by atoms with Crippen LogP contribution >= 0.6 is 11.6 Å². The third-order valence-electron chi connectivity index (χ3n) is 3.52. The number of hydrogen-bond donors (Lipinski definition) is 2. The Kier molecular flexibility index (Phi) is 6.25. The Morgan fingerprint density at radius 3 is 3.00 bits per heavy atom. The molecule has 5 heteroatoms. The van der Waals surface area contributed by atoms with E-state index in [0.717, 1.165) is 16.9 Å². The number of rotatable bonds is 6. The second-order valence-electron chi connectivity index (χ2n) is 5.96. The number of aliphatic hydroxyl groups excluding tert-OH is 1. The molecule has 2 atom stereocenters. The molecule has 0 aliphatic carbocycles. The molecule has 0 spiro atoms. The average molecular weight is 336 g/mol. The molecule has 0 saturated heterocycles. The van der Waals surface area contributed by atoms with Gasteiger partial charge in [-0.15, -0.1) is 0 Å². The van der Waals surface area contributed by atoms with Gasteiger partial charge in [-0.2, -0.15) is 0 Å². The van der Waals surface area contributed by atoms with Gasteiger partial charge >= 0.3 is 0 Å². The smallest absolute Gasteiger partial charge is 0.243 e. The fraction of sp³-hybridized carbons (Fsp3) is 0.389. The highest BCUT2D eigenvalue weighted by Crippen LogP contribution is 2.29. The van der Waals surface area contributed by atoms with Crippen LogP contribution < -0.4 is 10.1 Å². The van der Waals surface area contributed by atoms with E-state index in [0.29, 0.717) is 24.6 Å². The van der Waals surface area contributed by atoms with Crippen LogP contribution in [0.5, 0.6) is 5.75 Å². The molecule has 1 heterocycles. The molecule has 0 saturated carbocycles. The SMILES string of the molecule is CC(O)CC(C)CNC(=O)C=CC1=Cc2cc(Cl)ccc2OC1. The van der Waals surface area contributed by atoms with Crippen molar-refractivity contribution in [2.45, 2.75) is 26.4 Å². The van der Waals surface area contributed by atoms with Crippen LogP contribution in [0.15, 0.2) is 35.9 Å². The lowest BCUT2D eigenvalue weighted by Gasteiger charge is -2.16. The van der Waals surface area contributed by atoms with Gasteiger partial charge in [-0.05, 0) is 49.1 Å². The molecule has 0 bridgehead atoms. The Morgan fingerprint density at radius 1 is 1.48 bits per heavy atom. The quantitative estimate of drug-likeness (QED) is 0.785. The van der Waals surface area contributed by atoms with Crippen molar-refractivity contribution in [3.8, 4) is 5.75 Å². The highest BCUT2D eigenvalue weighted by Gasteiger charge is 2.11. The molecule has 124 valence electrons. The molecule has 1 aromatic rings. The lowest BCUT2D eigenvalue weighted by atomic mass is 10.0. The van der Waals surface area contributed by atoms with Gasteiger partial charge in [-0.1, -0.05) is 24.6 Å². The number of halogens is 1. The van der Waals surface area contributed by atoms with Gasteiger partial charge in [-0.3, -0.25) is 4.79 Å². The van der Waals surface area contributed by atoms with Crippen molar-refractivity contribution in [3.63, 3.8) is 0 Å². The van der Waals surface area contributed by atoms with Gasteiger partial charge < -0.3 is 15.2 Å². The van der Waals surface area contributed by atoms with Crippen molar-refractivity contribution >= 4 is 23.6 Å². The second kappa shape index (κ2) is 8.18. The first-order chi connectivity index (χ1) is 10.9. The lowest BCUT2D eigenvalue weighted by molar-refractivity contribution is -0.116. The molecule has 1 aliphatic rings. The summed E-state index contributed by atoms with van der Waals surface area (Å²) in [5.41, 5.74) is 1.82. The summed E-state index contributed by atoms with van der Waals surface area (Å²) in [7, 11) is 0. The van der Waals surface area contributed by atoms with Gasteiger partial charge in [0.2, 0.25) is 5.91 Å². The Bertz CT molecular complexity index is 623. The lowest BCUT2D eigenvalue weighted by Crippen LogP contribution is -2.28. The molecule has 1 aliphatic heterocycles. The Balaban J connectivity index is 1.89. The minimum absolute atomic E-state index is 0.153. The van der Waals surface area contributed by atoms with Crippen LogP contribution in [-0.4, -0.2) is 30.3 Å². The molecule has 0 radical (unpaired) electrons. The molecule has 2 rings (SSSR count). The monoisotopic (exact) mass is 335 g/mol. The number of hydrogen-bond acceptors (Lipinski definition) is 3. The normalized spacial score (nSPS) is 16.3. The predicted octanol–water partition coefficient (Wildman–Crippen LogP) is 3.20. The van der Waals surface area contributed by atoms with E-state index in [2.05, 4.69) is 5.32 Å². The fourth-order valence-electron chi connectivity index (χ4n) is 2.44. The van der Waals surface area contributed by atoms with Crippen LogP contribution in [-0.2, 0) is 4.79 Å². The van der Waals surface area contributed by atoms with Gasteiger partial charge in [0, 0.05) is 23.2 Å². The average Bonchev–Trinajstić information content (AvgIpc) is 2.49. The number of carbonyl (C=O) groups is 1. The van der Waals surface area contributed by atoms with Gasteiger partial charge in [0.15, 0.2) is 0 Å². The number of nitrogens with one attached hydrogen (secondary N) is 1. The third-order valence-corrected chi connectivity index (χ3v) is 3.76. The van der Waals surface area contributed by atoms with E-state index in [-0.39, 0.29) is 17.9 Å². The third kappa shape index (κ3) is 5.73. The van der Waals surface area contributed by atoms with Gasteiger partial charge in [-0.25, -0.2) is 0 Å². The zero-order valence-corrected chi connectivity index (χ0v) is 14.1. The highest BCUT2D eigenvalue weighted by atomic mass is 35.5. The maximum Gasteiger partial charge on any atom is 0.243 e. The van der Waals surface area contributed by atoms with Crippen LogP contribution in [0.2, 0.25) is 5.02 Å². The molecular formula is C18H22ClNO3. The maximum absolute atomic E-state index is 11.8. The molecule has 0 aromatic heterocycles. The molecule has 1 aromatic carbocycles. The van der Waals surface area contributed by atoms with Crippen molar-refractivity contribution in [3.05, 3.63) is 46.5 Å². The number of ether oxygens (including phenoxy) is 1. The molecule has 2 unspecified atom stereocenters. The standard InChI is InChI=1S/C18H22ClNO3/c1-12(7-13(2)21)10-20-18(22)6-3-14-8-15-9-16(19)4-5-17(15)23-11-14/h3-6,8-9,12-13,21H,7,10-11H2,1-2H3,(H,20,22). The number of carbonyl (C=O) groups excluding carboxylic acids is 1. The Labute approximate surface area is 141 Å². The molecule has 4 nitrogen and oxygen atoms in total. The first kappa shape index (κ1) is 17.6. The van der Waals surface area contributed by atoms with Crippen molar-refractivity contribution in [2.75, 3.05) is 13.2 Å². The Hall–Kier alpha value is -1.78. The van der Waals surface area contributed by atoms with E-state index in [1.807, 2.05) is 25.1 Å². The van der Waals surface area contributed by atoms with Crippen LogP contribution in [0.3, 0.4) is 0 Å². The summed E-state index contributed by atoms with van der Waals surface area (Å²) in [6, 6.07) is 5.46. The zero-order valence-electron chi connectivity index (χ0n) is 13.4. The summed E-state index contributed by atoms with van der Waals surface area (Å²) in [5.74, 6) is 0.877. The number of amides is 1. The summed E-state index contributed by atoms with van der Waals surface area (Å²) in [6.45, 7) is 4.71. The largest absolute Gasteiger partial charge is 0.488 e. The highest BCUT2D eigenvalue weighted by molar-refractivity contribution is 6.30. The summed E-state index contributed by atoms with van der Waals surface area (Å²) >= 11 is 5.97. The zero-order chi connectivity index (χ0) is 16.8. The van der Waals surface area contributed by atoms with Crippen molar-refractivity contribution in [1.29, 1.82) is 0 Å². The first-order valence-corrected chi connectivity index (χ1v) is 8.08. The molecule has 23 heavy (non-hydrogen) atoms. The molecular weight excluding hydrogens is 314 g/mol. The van der Waals surface area contributed by atoms with Crippen molar-refractivity contribution in [1.82, 2.24) is 5.32 Å². The van der Waals surface area contributed by atoms with Gasteiger partial charge in [0.05, 0.1) is 6.10 Å². The maximum atomic E-state index is 11.8. The van der Waals surface area contributed by atoms with Crippen molar-refractivity contribution < 1.29 is 14.6 Å². The minimum atomic E-state index is -0.353. The first-order valence-electron chi connectivity index (χ1n) is 7.71. The van der Waals surface area contributed by atoms with E-state index in [1.165, 1.54) is 6.08 Å². The summed E-state index contributed by atoms with van der Waals surface area (Å²) in [4.78, 5) is 11.8. The summed E-state index contributed by atoms with van der Waals surface area (Å²) in [5, 5.41) is 12.8.